The first kappa shape index (κ1) is 21.6. The van der Waals surface area contributed by atoms with E-state index in [4.69, 9.17) is 4.42 Å². The number of aryl methyl sites for hydroxylation is 1. The van der Waals surface area contributed by atoms with Crippen LogP contribution in [0.25, 0.3) is 16.1 Å². The Bertz CT molecular complexity index is 1450. The molecule has 5 rings (SSSR count). The quantitative estimate of drug-likeness (QED) is 0.378. The Morgan fingerprint density at radius 3 is 2.75 bits per heavy atom. The van der Waals surface area contributed by atoms with Crippen molar-refractivity contribution in [1.82, 2.24) is 23.9 Å². The van der Waals surface area contributed by atoms with Crippen molar-refractivity contribution in [3.05, 3.63) is 45.3 Å². The van der Waals surface area contributed by atoms with Crippen LogP contribution in [0.5, 0.6) is 0 Å². The Morgan fingerprint density at radius 2 is 1.97 bits per heavy atom. The smallest absolute Gasteiger partial charge is 0.275 e. The molecule has 1 aliphatic heterocycles. The van der Waals surface area contributed by atoms with Crippen LogP contribution in [0.2, 0.25) is 0 Å². The SMILES string of the molecule is CCc1nn2c(=O)cc(CSc3nc4cc(S(=O)(=O)N5CCCCC5)ccc4o3)nc2s1. The van der Waals surface area contributed by atoms with E-state index in [1.165, 1.54) is 38.0 Å². The van der Waals surface area contributed by atoms with Crippen molar-refractivity contribution in [1.29, 1.82) is 0 Å². The number of hydrogen-bond donors (Lipinski definition) is 0. The summed E-state index contributed by atoms with van der Waals surface area (Å²) in [7, 11) is -3.53. The predicted octanol–water partition coefficient (Wildman–Crippen LogP) is 3.32. The molecule has 1 fully saturated rings. The fraction of sp³-hybridized carbons (Fsp3) is 0.400. The number of piperidine rings is 1. The van der Waals surface area contributed by atoms with Gasteiger partial charge in [-0.1, -0.05) is 36.4 Å². The van der Waals surface area contributed by atoms with Gasteiger partial charge < -0.3 is 4.42 Å². The Balaban J connectivity index is 1.36. The molecule has 1 saturated heterocycles. The third-order valence-corrected chi connectivity index (χ3v) is 9.09. The van der Waals surface area contributed by atoms with Crippen LogP contribution < -0.4 is 5.56 Å². The van der Waals surface area contributed by atoms with Gasteiger partial charge in [-0.05, 0) is 37.5 Å². The molecule has 0 amide bonds. The lowest BCUT2D eigenvalue weighted by Crippen LogP contribution is -2.35. The van der Waals surface area contributed by atoms with Crippen LogP contribution in [-0.2, 0) is 22.2 Å². The Kier molecular flexibility index (Phi) is 5.78. The van der Waals surface area contributed by atoms with Gasteiger partial charge in [-0.3, -0.25) is 4.79 Å². The molecule has 0 aliphatic carbocycles. The van der Waals surface area contributed by atoms with E-state index in [9.17, 15) is 13.2 Å². The number of sulfonamides is 1. The summed E-state index contributed by atoms with van der Waals surface area (Å²) in [6, 6.07) is 6.24. The average molecular weight is 492 g/mol. The van der Waals surface area contributed by atoms with Gasteiger partial charge in [0.2, 0.25) is 15.0 Å². The zero-order valence-corrected chi connectivity index (χ0v) is 19.8. The van der Waals surface area contributed by atoms with E-state index < -0.39 is 10.0 Å². The number of oxazole rings is 1. The molecule has 0 unspecified atom stereocenters. The molecule has 0 atom stereocenters. The molecule has 4 aromatic rings. The second-order valence-electron chi connectivity index (χ2n) is 7.49. The Labute approximate surface area is 192 Å². The lowest BCUT2D eigenvalue weighted by atomic mass is 10.2. The molecule has 4 heterocycles. The van der Waals surface area contributed by atoms with Crippen LogP contribution in [0.15, 0.2) is 43.6 Å². The number of benzene rings is 1. The molecule has 32 heavy (non-hydrogen) atoms. The van der Waals surface area contributed by atoms with Crippen LogP contribution in [0.1, 0.15) is 36.9 Å². The number of fused-ring (bicyclic) bond motifs is 2. The largest absolute Gasteiger partial charge is 0.431 e. The van der Waals surface area contributed by atoms with Gasteiger partial charge in [0.25, 0.3) is 10.8 Å². The lowest BCUT2D eigenvalue weighted by Gasteiger charge is -2.25. The zero-order chi connectivity index (χ0) is 22.3. The van der Waals surface area contributed by atoms with Crippen molar-refractivity contribution in [3.8, 4) is 0 Å². The van der Waals surface area contributed by atoms with Gasteiger partial charge in [0.15, 0.2) is 5.58 Å². The second kappa shape index (κ2) is 8.58. The van der Waals surface area contributed by atoms with Crippen molar-refractivity contribution in [2.75, 3.05) is 13.1 Å². The van der Waals surface area contributed by atoms with Gasteiger partial charge in [0.05, 0.1) is 10.6 Å². The molecule has 12 heteroatoms. The number of aromatic nitrogens is 4. The standard InChI is InChI=1S/C20H21N5O4S3/c1-2-17-23-25-18(26)10-13(21-19(25)31-17)12-30-20-22-15-11-14(6-7-16(15)29-20)32(27,28)24-8-4-3-5-9-24/h6-7,10-11H,2-5,8-9,12H2,1H3. The normalized spacial score (nSPS) is 15.7. The summed E-state index contributed by atoms with van der Waals surface area (Å²) in [4.78, 5) is 22.1. The minimum absolute atomic E-state index is 0.216. The summed E-state index contributed by atoms with van der Waals surface area (Å²) in [6.45, 7) is 3.09. The van der Waals surface area contributed by atoms with E-state index in [1.807, 2.05) is 6.92 Å². The first-order chi connectivity index (χ1) is 15.4. The highest BCUT2D eigenvalue weighted by molar-refractivity contribution is 7.98. The van der Waals surface area contributed by atoms with Gasteiger partial charge in [0, 0.05) is 24.9 Å². The predicted molar refractivity (Wildman–Crippen MR) is 123 cm³/mol. The molecule has 0 saturated carbocycles. The average Bonchev–Trinajstić information content (AvgIpc) is 3.41. The van der Waals surface area contributed by atoms with E-state index in [0.717, 1.165) is 30.7 Å². The zero-order valence-electron chi connectivity index (χ0n) is 17.4. The highest BCUT2D eigenvalue weighted by Crippen LogP contribution is 2.29. The Hall–Kier alpha value is -2.28. The summed E-state index contributed by atoms with van der Waals surface area (Å²) < 4.78 is 34.5. The molecule has 0 N–H and O–H groups in total. The van der Waals surface area contributed by atoms with Gasteiger partial charge in [0.1, 0.15) is 10.5 Å². The van der Waals surface area contributed by atoms with Crippen LogP contribution >= 0.6 is 23.1 Å². The first-order valence-corrected chi connectivity index (χ1v) is 13.6. The number of rotatable bonds is 6. The van der Waals surface area contributed by atoms with Gasteiger partial charge >= 0.3 is 0 Å². The van der Waals surface area contributed by atoms with E-state index in [0.29, 0.717) is 45.8 Å². The summed E-state index contributed by atoms with van der Waals surface area (Å²) >= 11 is 2.70. The molecular formula is C20H21N5O4S3. The molecule has 1 aliphatic rings. The minimum Gasteiger partial charge on any atom is -0.431 e. The summed E-state index contributed by atoms with van der Waals surface area (Å²) in [5, 5.41) is 5.50. The van der Waals surface area contributed by atoms with Crippen molar-refractivity contribution < 1.29 is 12.8 Å². The maximum absolute atomic E-state index is 12.9. The van der Waals surface area contributed by atoms with Gasteiger partial charge in [-0.2, -0.15) is 13.9 Å². The van der Waals surface area contributed by atoms with Crippen molar-refractivity contribution in [3.63, 3.8) is 0 Å². The molecule has 1 aromatic carbocycles. The van der Waals surface area contributed by atoms with Gasteiger partial charge in [-0.15, -0.1) is 0 Å². The number of nitrogens with zero attached hydrogens (tertiary/aromatic N) is 5. The van der Waals surface area contributed by atoms with Crippen LogP contribution in [0.3, 0.4) is 0 Å². The van der Waals surface area contributed by atoms with Crippen molar-refractivity contribution >= 4 is 49.2 Å². The molecule has 3 aromatic heterocycles. The monoisotopic (exact) mass is 491 g/mol. The molecule has 168 valence electrons. The maximum Gasteiger partial charge on any atom is 0.275 e. The van der Waals surface area contributed by atoms with Crippen molar-refractivity contribution in [2.45, 2.75) is 48.5 Å². The van der Waals surface area contributed by atoms with Crippen LogP contribution in [0.4, 0.5) is 0 Å². The molecular weight excluding hydrogens is 470 g/mol. The van der Waals surface area contributed by atoms with Gasteiger partial charge in [-0.25, -0.2) is 18.4 Å². The summed E-state index contributed by atoms with van der Waals surface area (Å²) in [6.07, 6.45) is 3.58. The number of hydrogen-bond acceptors (Lipinski definition) is 9. The topological polar surface area (TPSA) is 111 Å². The fourth-order valence-electron chi connectivity index (χ4n) is 3.61. The molecule has 0 bridgehead atoms. The van der Waals surface area contributed by atoms with E-state index in [1.54, 1.807) is 18.2 Å². The van der Waals surface area contributed by atoms with Crippen LogP contribution in [0, 0.1) is 0 Å². The highest BCUT2D eigenvalue weighted by Gasteiger charge is 2.26. The van der Waals surface area contributed by atoms with E-state index >= 15 is 0 Å². The van der Waals surface area contributed by atoms with E-state index in [-0.39, 0.29) is 10.5 Å². The van der Waals surface area contributed by atoms with E-state index in [2.05, 4.69) is 15.1 Å². The third kappa shape index (κ3) is 4.07. The van der Waals surface area contributed by atoms with Crippen molar-refractivity contribution in [2.24, 2.45) is 0 Å². The molecule has 0 spiro atoms. The maximum atomic E-state index is 12.9. The minimum atomic E-state index is -3.53. The lowest BCUT2D eigenvalue weighted by molar-refractivity contribution is 0.346. The second-order valence-corrected chi connectivity index (χ2v) is 11.4. The highest BCUT2D eigenvalue weighted by atomic mass is 32.2. The molecule has 9 nitrogen and oxygen atoms in total. The van der Waals surface area contributed by atoms with Crippen LogP contribution in [-0.4, -0.2) is 45.4 Å². The summed E-state index contributed by atoms with van der Waals surface area (Å²) in [5.41, 5.74) is 1.40. The third-order valence-electron chi connectivity index (χ3n) is 5.28. The number of thioether (sulfide) groups is 1. The fourth-order valence-corrected chi connectivity index (χ4v) is 6.74. The Morgan fingerprint density at radius 1 is 1.16 bits per heavy atom. The first-order valence-electron chi connectivity index (χ1n) is 10.4. The summed E-state index contributed by atoms with van der Waals surface area (Å²) in [5.74, 6) is 0.400. The molecule has 0 radical (unpaired) electrons.